The zero-order valence-corrected chi connectivity index (χ0v) is 11.7. The molecule has 0 aromatic carbocycles. The average Bonchev–Trinajstić information content (AvgIpc) is 2.25. The van der Waals surface area contributed by atoms with Crippen LogP contribution in [0.5, 0.6) is 0 Å². The lowest BCUT2D eigenvalue weighted by Gasteiger charge is -2.45. The molecule has 4 heteroatoms. The number of ketones is 1. The monoisotopic (exact) mass is 257 g/mol. The molecule has 2 aliphatic rings. The third-order valence-corrected chi connectivity index (χ3v) is 5.67. The first kappa shape index (κ1) is 13.2. The molecule has 2 rings (SSSR count). The van der Waals surface area contributed by atoms with Gasteiger partial charge in [0.25, 0.3) is 0 Å². The van der Waals surface area contributed by atoms with Crippen molar-refractivity contribution in [3.05, 3.63) is 0 Å². The number of carbonyl (C=O) groups is 1. The smallest absolute Gasteiger partial charge is 0.136 e. The van der Waals surface area contributed by atoms with Crippen LogP contribution >= 0.6 is 0 Å². The van der Waals surface area contributed by atoms with E-state index in [4.69, 9.17) is 0 Å². The molecule has 2 bridgehead atoms. The number of nitrogens with zero attached hydrogens (tertiary/aromatic N) is 1. The molecule has 17 heavy (non-hydrogen) atoms. The van der Waals surface area contributed by atoms with Crippen LogP contribution in [0.3, 0.4) is 0 Å². The predicted molar refractivity (Wildman–Crippen MR) is 70.5 cm³/mol. The fraction of sp³-hybridized carbons (Fsp3) is 0.923. The summed E-state index contributed by atoms with van der Waals surface area (Å²) in [7, 11) is -0.722. The maximum absolute atomic E-state index is 11.6. The Morgan fingerprint density at radius 3 is 2.47 bits per heavy atom. The third kappa shape index (κ3) is 3.16. The molecule has 3 nitrogen and oxygen atoms in total. The van der Waals surface area contributed by atoms with E-state index in [0.717, 1.165) is 25.8 Å². The first-order valence-corrected chi connectivity index (χ1v) is 8.29. The lowest BCUT2D eigenvalue weighted by atomic mass is 9.83. The zero-order valence-electron chi connectivity index (χ0n) is 10.9. The number of rotatable bonds is 4. The van der Waals surface area contributed by atoms with Crippen LogP contribution in [0.15, 0.2) is 0 Å². The predicted octanol–water partition coefficient (Wildman–Crippen LogP) is 1.73. The van der Waals surface area contributed by atoms with Gasteiger partial charge in [-0.1, -0.05) is 13.3 Å². The minimum atomic E-state index is -0.722. The van der Waals surface area contributed by atoms with Crippen molar-refractivity contribution in [2.45, 2.75) is 62.8 Å². The summed E-state index contributed by atoms with van der Waals surface area (Å²) >= 11 is 0. The van der Waals surface area contributed by atoms with Gasteiger partial charge in [-0.25, -0.2) is 0 Å². The highest BCUT2D eigenvalue weighted by Gasteiger charge is 2.37. The summed E-state index contributed by atoms with van der Waals surface area (Å²) in [5.41, 5.74) is 0. The number of piperidine rings is 2. The molecular formula is C13H23NO2S. The van der Waals surface area contributed by atoms with E-state index in [9.17, 15) is 9.00 Å². The van der Waals surface area contributed by atoms with Crippen LogP contribution in [0.25, 0.3) is 0 Å². The van der Waals surface area contributed by atoms with Crippen molar-refractivity contribution in [1.29, 1.82) is 0 Å². The molecule has 0 aromatic heterocycles. The van der Waals surface area contributed by atoms with Crippen LogP contribution < -0.4 is 0 Å². The molecule has 2 aliphatic heterocycles. The molecule has 0 spiro atoms. The second-order valence-corrected chi connectivity index (χ2v) is 7.32. The molecular weight excluding hydrogens is 234 g/mol. The van der Waals surface area contributed by atoms with E-state index in [1.807, 2.05) is 0 Å². The normalized spacial score (nSPS) is 33.4. The van der Waals surface area contributed by atoms with Crippen LogP contribution in [-0.2, 0) is 15.6 Å². The number of fused-ring (bicyclic) bond motifs is 2. The van der Waals surface area contributed by atoms with Gasteiger partial charge in [0.1, 0.15) is 5.78 Å². The minimum absolute atomic E-state index is 0.272. The summed E-state index contributed by atoms with van der Waals surface area (Å²) in [4.78, 5) is 14.1. The highest BCUT2D eigenvalue weighted by Crippen LogP contribution is 2.32. The van der Waals surface area contributed by atoms with Crippen LogP contribution in [0.2, 0.25) is 0 Å². The fourth-order valence-electron chi connectivity index (χ4n) is 3.13. The van der Waals surface area contributed by atoms with Gasteiger partial charge < -0.3 is 0 Å². The number of carbonyl (C=O) groups excluding carboxylic acids is 1. The summed E-state index contributed by atoms with van der Waals surface area (Å²) < 4.78 is 11.4. The fourth-order valence-corrected chi connectivity index (χ4v) is 3.57. The van der Waals surface area contributed by atoms with E-state index in [1.165, 1.54) is 19.3 Å². The summed E-state index contributed by atoms with van der Waals surface area (Å²) in [6.07, 6.45) is 7.89. The standard InChI is InChI=1S/C13H23NO2S/c1-10(17(2)16)6-7-14-11-4-3-5-12(14)9-13(15)8-11/h10-12H,3-9H2,1-2H3. The molecule has 98 valence electrons. The van der Waals surface area contributed by atoms with E-state index in [0.29, 0.717) is 17.9 Å². The molecule has 2 fully saturated rings. The van der Waals surface area contributed by atoms with Crippen molar-refractivity contribution in [2.75, 3.05) is 12.8 Å². The second-order valence-electron chi connectivity index (χ2n) is 5.52. The van der Waals surface area contributed by atoms with Crippen molar-refractivity contribution in [2.24, 2.45) is 0 Å². The Morgan fingerprint density at radius 1 is 1.35 bits per heavy atom. The minimum Gasteiger partial charge on any atom is -0.300 e. The average molecular weight is 257 g/mol. The van der Waals surface area contributed by atoms with Crippen LogP contribution in [0, 0.1) is 0 Å². The Balaban J connectivity index is 1.91. The van der Waals surface area contributed by atoms with Crippen molar-refractivity contribution < 1.29 is 9.00 Å². The number of hydrogen-bond donors (Lipinski definition) is 0. The molecule has 0 amide bonds. The van der Waals surface area contributed by atoms with Crippen LogP contribution in [0.4, 0.5) is 0 Å². The Morgan fingerprint density at radius 2 is 1.94 bits per heavy atom. The zero-order chi connectivity index (χ0) is 12.4. The molecule has 2 heterocycles. The maximum Gasteiger partial charge on any atom is 0.136 e. The molecule has 0 aromatic rings. The third-order valence-electron chi connectivity index (χ3n) is 4.30. The van der Waals surface area contributed by atoms with Crippen molar-refractivity contribution in [1.82, 2.24) is 4.90 Å². The molecule has 0 radical (unpaired) electrons. The van der Waals surface area contributed by atoms with E-state index in [2.05, 4.69) is 11.8 Å². The summed E-state index contributed by atoms with van der Waals surface area (Å²) in [6.45, 7) is 3.07. The Hall–Kier alpha value is -0.220. The summed E-state index contributed by atoms with van der Waals surface area (Å²) in [6, 6.07) is 0.958. The number of Topliss-reactive ketones (excluding diaryl/α,β-unsaturated/α-hetero) is 1. The van der Waals surface area contributed by atoms with Gasteiger partial charge in [0, 0.05) is 47.2 Å². The molecule has 4 atom stereocenters. The SMILES string of the molecule is CC(CCN1C2CCCC1CC(=O)C2)S(C)=O. The van der Waals surface area contributed by atoms with E-state index in [1.54, 1.807) is 6.26 Å². The molecule has 0 N–H and O–H groups in total. The topological polar surface area (TPSA) is 37.4 Å². The van der Waals surface area contributed by atoms with Gasteiger partial charge in [-0.15, -0.1) is 0 Å². The number of hydrogen-bond acceptors (Lipinski definition) is 3. The maximum atomic E-state index is 11.6. The van der Waals surface area contributed by atoms with E-state index < -0.39 is 10.8 Å². The summed E-state index contributed by atoms with van der Waals surface area (Å²) in [5.74, 6) is 0.447. The van der Waals surface area contributed by atoms with Gasteiger partial charge in [0.05, 0.1) is 0 Å². The Kier molecular flexibility index (Phi) is 4.36. The highest BCUT2D eigenvalue weighted by molar-refractivity contribution is 7.84. The van der Waals surface area contributed by atoms with E-state index >= 15 is 0 Å². The largest absolute Gasteiger partial charge is 0.300 e. The van der Waals surface area contributed by atoms with Crippen molar-refractivity contribution in [3.63, 3.8) is 0 Å². The first-order chi connectivity index (χ1) is 8.08. The second kappa shape index (κ2) is 5.61. The molecule has 4 unspecified atom stereocenters. The molecule has 2 saturated heterocycles. The quantitative estimate of drug-likeness (QED) is 0.770. The molecule has 0 saturated carbocycles. The highest BCUT2D eigenvalue weighted by atomic mass is 32.2. The van der Waals surface area contributed by atoms with Crippen LogP contribution in [0.1, 0.15) is 45.4 Å². The first-order valence-electron chi connectivity index (χ1n) is 6.67. The Bertz CT molecular complexity index is 303. The van der Waals surface area contributed by atoms with Crippen LogP contribution in [-0.4, -0.2) is 45.0 Å². The summed E-state index contributed by atoms with van der Waals surface area (Å²) in [5, 5.41) is 0.272. The van der Waals surface area contributed by atoms with Gasteiger partial charge in [-0.05, 0) is 25.8 Å². The van der Waals surface area contributed by atoms with Crippen molar-refractivity contribution >= 4 is 16.6 Å². The molecule has 0 aliphatic carbocycles. The van der Waals surface area contributed by atoms with Gasteiger partial charge in [0.15, 0.2) is 0 Å². The Labute approximate surface area is 106 Å². The lowest BCUT2D eigenvalue weighted by Crippen LogP contribution is -2.52. The van der Waals surface area contributed by atoms with Gasteiger partial charge >= 0.3 is 0 Å². The van der Waals surface area contributed by atoms with E-state index in [-0.39, 0.29) is 5.25 Å². The lowest BCUT2D eigenvalue weighted by molar-refractivity contribution is -0.127. The van der Waals surface area contributed by atoms with Gasteiger partial charge in [-0.2, -0.15) is 0 Å². The van der Waals surface area contributed by atoms with Gasteiger partial charge in [-0.3, -0.25) is 13.9 Å². The van der Waals surface area contributed by atoms with Gasteiger partial charge in [0.2, 0.25) is 0 Å². The van der Waals surface area contributed by atoms with Crippen molar-refractivity contribution in [3.8, 4) is 0 Å².